The summed E-state index contributed by atoms with van der Waals surface area (Å²) in [5.74, 6) is -1.46. The van der Waals surface area contributed by atoms with Crippen LogP contribution in [0.2, 0.25) is 0 Å². The normalized spacial score (nSPS) is 9.74. The van der Waals surface area contributed by atoms with Gasteiger partial charge in [-0.3, -0.25) is 24.8 Å². The molecule has 7 nitrogen and oxygen atoms in total. The van der Waals surface area contributed by atoms with Gasteiger partial charge in [0.05, 0.1) is 0 Å². The number of carbonyl (C=O) groups excluding carboxylic acids is 2. The molecular formula is C12H15N3O4. The van der Waals surface area contributed by atoms with Gasteiger partial charge in [0.1, 0.15) is 0 Å². The van der Waals surface area contributed by atoms with Gasteiger partial charge in [0, 0.05) is 38.0 Å². The Hall–Kier alpha value is -2.44. The highest BCUT2D eigenvalue weighted by Gasteiger charge is 2.13. The molecule has 0 atom stereocenters. The molecule has 7 heteroatoms. The molecule has 102 valence electrons. The van der Waals surface area contributed by atoms with Gasteiger partial charge in [-0.15, -0.1) is 0 Å². The fourth-order valence-electron chi connectivity index (χ4n) is 1.35. The van der Waals surface area contributed by atoms with Crippen molar-refractivity contribution in [2.75, 3.05) is 11.9 Å². The molecule has 0 fully saturated rings. The lowest BCUT2D eigenvalue weighted by Gasteiger charge is -2.16. The zero-order chi connectivity index (χ0) is 14.3. The number of carboxylic acids is 1. The van der Waals surface area contributed by atoms with Crippen molar-refractivity contribution < 1.29 is 19.5 Å². The van der Waals surface area contributed by atoms with Crippen molar-refractivity contribution in [3.8, 4) is 0 Å². The number of hydrogen-bond acceptors (Lipinski definition) is 4. The molecule has 0 saturated heterocycles. The molecule has 1 heterocycles. The second-order valence-electron chi connectivity index (χ2n) is 3.87. The number of rotatable bonds is 5. The number of pyridine rings is 1. The number of amides is 3. The molecule has 0 aliphatic heterocycles. The first kappa shape index (κ1) is 14.6. The van der Waals surface area contributed by atoms with Gasteiger partial charge in [-0.1, -0.05) is 0 Å². The Kier molecular flexibility index (Phi) is 5.46. The third-order valence-electron chi connectivity index (χ3n) is 2.40. The van der Waals surface area contributed by atoms with E-state index in [1.54, 1.807) is 12.1 Å². The number of aromatic nitrogens is 1. The van der Waals surface area contributed by atoms with E-state index in [1.165, 1.54) is 24.3 Å². The summed E-state index contributed by atoms with van der Waals surface area (Å²) < 4.78 is 0. The Bertz CT molecular complexity index is 461. The number of nitrogens with zero attached hydrogens (tertiary/aromatic N) is 2. The molecule has 3 amide bonds. The van der Waals surface area contributed by atoms with Gasteiger partial charge in [0.15, 0.2) is 0 Å². The van der Waals surface area contributed by atoms with Crippen LogP contribution in [0.3, 0.4) is 0 Å². The third kappa shape index (κ3) is 5.15. The highest BCUT2D eigenvalue weighted by molar-refractivity contribution is 6.02. The molecule has 1 aromatic heterocycles. The number of aliphatic carboxylic acids is 1. The van der Waals surface area contributed by atoms with Crippen LogP contribution in [0.5, 0.6) is 0 Å². The molecule has 0 saturated carbocycles. The zero-order valence-electron chi connectivity index (χ0n) is 10.5. The van der Waals surface area contributed by atoms with Crippen LogP contribution >= 0.6 is 0 Å². The Morgan fingerprint density at radius 2 is 1.89 bits per heavy atom. The van der Waals surface area contributed by atoms with Crippen molar-refractivity contribution in [3.05, 3.63) is 24.5 Å². The molecule has 0 aromatic carbocycles. The van der Waals surface area contributed by atoms with Crippen LogP contribution in [0.1, 0.15) is 19.3 Å². The van der Waals surface area contributed by atoms with Crippen LogP contribution in [0.15, 0.2) is 24.5 Å². The van der Waals surface area contributed by atoms with Crippen molar-refractivity contribution in [2.45, 2.75) is 19.3 Å². The van der Waals surface area contributed by atoms with Gasteiger partial charge >= 0.3 is 12.0 Å². The number of hydrogen-bond donors (Lipinski definition) is 2. The van der Waals surface area contributed by atoms with Crippen LogP contribution in [0.4, 0.5) is 10.5 Å². The highest BCUT2D eigenvalue weighted by Crippen LogP contribution is 2.09. The number of carboxylic acid groups (broad SMARTS) is 1. The van der Waals surface area contributed by atoms with E-state index in [-0.39, 0.29) is 19.3 Å². The molecule has 0 radical (unpaired) electrons. The van der Waals surface area contributed by atoms with Crippen LogP contribution in [0, 0.1) is 0 Å². The molecular weight excluding hydrogens is 250 g/mol. The summed E-state index contributed by atoms with van der Waals surface area (Å²) in [5.41, 5.74) is 0.603. The van der Waals surface area contributed by atoms with E-state index in [0.717, 1.165) is 0 Å². The highest BCUT2D eigenvalue weighted by atomic mass is 16.4. The predicted molar refractivity (Wildman–Crippen MR) is 67.7 cm³/mol. The average molecular weight is 265 g/mol. The lowest BCUT2D eigenvalue weighted by Crippen LogP contribution is -2.40. The van der Waals surface area contributed by atoms with Crippen molar-refractivity contribution in [1.29, 1.82) is 0 Å². The van der Waals surface area contributed by atoms with Crippen molar-refractivity contribution in [3.63, 3.8) is 0 Å². The molecule has 0 aliphatic rings. The van der Waals surface area contributed by atoms with Gasteiger partial charge < -0.3 is 5.11 Å². The Balaban J connectivity index is 2.42. The monoisotopic (exact) mass is 265 g/mol. The van der Waals surface area contributed by atoms with E-state index in [0.29, 0.717) is 5.69 Å². The average Bonchev–Trinajstić information content (AvgIpc) is 2.38. The van der Waals surface area contributed by atoms with E-state index in [2.05, 4.69) is 10.3 Å². The number of imide groups is 1. The molecule has 1 rings (SSSR count). The summed E-state index contributed by atoms with van der Waals surface area (Å²) in [6.45, 7) is 0. The first-order valence-corrected chi connectivity index (χ1v) is 5.70. The Morgan fingerprint density at radius 3 is 2.47 bits per heavy atom. The van der Waals surface area contributed by atoms with Gasteiger partial charge in [0.2, 0.25) is 5.91 Å². The lowest BCUT2D eigenvalue weighted by atomic mass is 10.2. The summed E-state index contributed by atoms with van der Waals surface area (Å²) in [5, 5.41) is 10.6. The standard InChI is InChI=1S/C12H15N3O4/c1-15(9-5-7-13-8-6-9)12(19)14-10(16)3-2-4-11(17)18/h5-8H,2-4H2,1H3,(H,17,18)(H,14,16,19). The minimum absolute atomic E-state index is 0.00221. The second-order valence-corrected chi connectivity index (χ2v) is 3.87. The number of nitrogens with one attached hydrogen (secondary N) is 1. The molecule has 1 aromatic rings. The molecule has 0 unspecified atom stereocenters. The van der Waals surface area contributed by atoms with E-state index in [1.807, 2.05) is 0 Å². The maximum absolute atomic E-state index is 11.7. The Morgan fingerprint density at radius 1 is 1.26 bits per heavy atom. The maximum atomic E-state index is 11.7. The quantitative estimate of drug-likeness (QED) is 0.827. The van der Waals surface area contributed by atoms with E-state index < -0.39 is 17.9 Å². The van der Waals surface area contributed by atoms with Crippen LogP contribution in [-0.4, -0.2) is 35.0 Å². The SMILES string of the molecule is CN(C(=O)NC(=O)CCCC(=O)O)c1ccncc1. The smallest absolute Gasteiger partial charge is 0.328 e. The predicted octanol–water partition coefficient (Wildman–Crippen LogP) is 1.01. The van der Waals surface area contributed by atoms with Crippen molar-refractivity contribution in [2.24, 2.45) is 0 Å². The first-order valence-electron chi connectivity index (χ1n) is 5.70. The molecule has 0 bridgehead atoms. The summed E-state index contributed by atoms with van der Waals surface area (Å²) >= 11 is 0. The zero-order valence-corrected chi connectivity index (χ0v) is 10.5. The van der Waals surface area contributed by atoms with Crippen LogP contribution < -0.4 is 10.2 Å². The summed E-state index contributed by atoms with van der Waals surface area (Å²) in [4.78, 5) is 38.5. The molecule has 19 heavy (non-hydrogen) atoms. The van der Waals surface area contributed by atoms with Gasteiger partial charge in [-0.25, -0.2) is 4.79 Å². The fourth-order valence-corrected chi connectivity index (χ4v) is 1.35. The van der Waals surface area contributed by atoms with Crippen molar-refractivity contribution >= 4 is 23.6 Å². The third-order valence-corrected chi connectivity index (χ3v) is 2.40. The van der Waals surface area contributed by atoms with Gasteiger partial charge in [0.25, 0.3) is 0 Å². The summed E-state index contributed by atoms with van der Waals surface area (Å²) in [6, 6.07) is 2.70. The minimum atomic E-state index is -0.965. The number of urea groups is 1. The van der Waals surface area contributed by atoms with Crippen LogP contribution in [-0.2, 0) is 9.59 Å². The first-order chi connectivity index (χ1) is 9.00. The van der Waals surface area contributed by atoms with Crippen LogP contribution in [0.25, 0.3) is 0 Å². The maximum Gasteiger partial charge on any atom is 0.328 e. The Labute approximate surface area is 110 Å². The van der Waals surface area contributed by atoms with E-state index in [4.69, 9.17) is 5.11 Å². The fraction of sp³-hybridized carbons (Fsp3) is 0.333. The molecule has 0 spiro atoms. The van der Waals surface area contributed by atoms with Gasteiger partial charge in [-0.05, 0) is 18.6 Å². The second kappa shape index (κ2) is 7.10. The topological polar surface area (TPSA) is 99.6 Å². The number of anilines is 1. The molecule has 2 N–H and O–H groups in total. The van der Waals surface area contributed by atoms with Gasteiger partial charge in [-0.2, -0.15) is 0 Å². The minimum Gasteiger partial charge on any atom is -0.481 e. The van der Waals surface area contributed by atoms with E-state index in [9.17, 15) is 14.4 Å². The van der Waals surface area contributed by atoms with E-state index >= 15 is 0 Å². The molecule has 0 aliphatic carbocycles. The largest absolute Gasteiger partial charge is 0.481 e. The summed E-state index contributed by atoms with van der Waals surface area (Å²) in [7, 11) is 1.52. The number of carbonyl (C=O) groups is 3. The summed E-state index contributed by atoms with van der Waals surface area (Å²) in [6.07, 6.45) is 3.18. The lowest BCUT2D eigenvalue weighted by molar-refractivity contribution is -0.137. The van der Waals surface area contributed by atoms with Crippen molar-refractivity contribution in [1.82, 2.24) is 10.3 Å².